The van der Waals surface area contributed by atoms with Crippen molar-refractivity contribution < 1.29 is 4.42 Å². The number of hydrogen-bond donors (Lipinski definition) is 0. The van der Waals surface area contributed by atoms with Gasteiger partial charge in [-0.25, -0.2) is 4.98 Å². The Morgan fingerprint density at radius 1 is 0.541 bits per heavy atom. The van der Waals surface area contributed by atoms with Gasteiger partial charge in [0.25, 0.3) is 0 Å². The van der Waals surface area contributed by atoms with E-state index >= 15 is 0 Å². The first kappa shape index (κ1) is 20.1. The first-order valence-corrected chi connectivity index (χ1v) is 12.4. The van der Waals surface area contributed by atoms with E-state index in [1.54, 1.807) is 0 Å². The fraction of sp³-hybridized carbons (Fsp3) is 0. The molecule has 3 aromatic heterocycles. The highest BCUT2D eigenvalue weighted by atomic mass is 16.3. The molecule has 0 N–H and O–H groups in total. The molecule has 0 aliphatic heterocycles. The van der Waals surface area contributed by atoms with E-state index in [1.165, 1.54) is 21.8 Å². The van der Waals surface area contributed by atoms with E-state index in [1.807, 2.05) is 42.7 Å². The Balaban J connectivity index is 1.37. The number of furan rings is 1. The van der Waals surface area contributed by atoms with Crippen LogP contribution in [-0.4, -0.2) is 14.1 Å². The number of imidazole rings is 1. The lowest BCUT2D eigenvalue weighted by atomic mass is 10.1. The highest BCUT2D eigenvalue weighted by Gasteiger charge is 2.16. The number of rotatable bonds is 3. The number of benzene rings is 5. The Bertz CT molecular complexity index is 2090. The van der Waals surface area contributed by atoms with Gasteiger partial charge in [-0.1, -0.05) is 66.7 Å². The lowest BCUT2D eigenvalue weighted by Gasteiger charge is -2.10. The summed E-state index contributed by atoms with van der Waals surface area (Å²) >= 11 is 0. The monoisotopic (exact) mass is 475 g/mol. The van der Waals surface area contributed by atoms with Gasteiger partial charge in [-0.2, -0.15) is 0 Å². The quantitative estimate of drug-likeness (QED) is 0.257. The van der Waals surface area contributed by atoms with Crippen molar-refractivity contribution in [2.75, 3.05) is 0 Å². The van der Waals surface area contributed by atoms with Crippen molar-refractivity contribution in [3.05, 3.63) is 128 Å². The molecule has 3 heterocycles. The largest absolute Gasteiger partial charge is 0.456 e. The fourth-order valence-corrected chi connectivity index (χ4v) is 5.55. The second kappa shape index (κ2) is 7.70. The molecule has 0 fully saturated rings. The van der Waals surface area contributed by atoms with E-state index in [2.05, 4.69) is 99.0 Å². The van der Waals surface area contributed by atoms with Crippen molar-refractivity contribution >= 4 is 43.7 Å². The molecule has 0 bridgehead atoms. The van der Waals surface area contributed by atoms with E-state index in [0.29, 0.717) is 0 Å². The SMILES string of the molecule is c1ccc(-c2nccn2-c2ccc3c(c2)c2ccccc2n3-c2ccc3oc4ccccc4c3c2)cc1. The summed E-state index contributed by atoms with van der Waals surface area (Å²) in [5.41, 5.74) is 7.45. The van der Waals surface area contributed by atoms with Crippen LogP contribution in [-0.2, 0) is 0 Å². The van der Waals surface area contributed by atoms with Gasteiger partial charge < -0.3 is 8.98 Å². The molecule has 8 rings (SSSR count). The summed E-state index contributed by atoms with van der Waals surface area (Å²) in [6, 6.07) is 40.3. The Hall–Kier alpha value is -5.09. The second-order valence-corrected chi connectivity index (χ2v) is 9.32. The molecule has 8 aromatic rings. The maximum absolute atomic E-state index is 6.09. The Morgan fingerprint density at radius 2 is 1.24 bits per heavy atom. The molecule has 4 heteroatoms. The molecular formula is C33H21N3O. The van der Waals surface area contributed by atoms with E-state index < -0.39 is 0 Å². The predicted octanol–water partition coefficient (Wildman–Crippen LogP) is 8.54. The van der Waals surface area contributed by atoms with E-state index in [0.717, 1.165) is 44.7 Å². The summed E-state index contributed by atoms with van der Waals surface area (Å²) < 4.78 is 10.6. The lowest BCUT2D eigenvalue weighted by Crippen LogP contribution is -1.97. The molecule has 37 heavy (non-hydrogen) atoms. The van der Waals surface area contributed by atoms with Crippen molar-refractivity contribution in [3.63, 3.8) is 0 Å². The van der Waals surface area contributed by atoms with Crippen LogP contribution in [0.1, 0.15) is 0 Å². The molecule has 0 spiro atoms. The normalized spacial score (nSPS) is 11.8. The van der Waals surface area contributed by atoms with E-state index in [4.69, 9.17) is 4.42 Å². The van der Waals surface area contributed by atoms with Crippen LogP contribution in [0.2, 0.25) is 0 Å². The molecule has 0 radical (unpaired) electrons. The summed E-state index contributed by atoms with van der Waals surface area (Å²) in [4.78, 5) is 4.66. The van der Waals surface area contributed by atoms with Crippen molar-refractivity contribution in [2.24, 2.45) is 0 Å². The summed E-state index contributed by atoms with van der Waals surface area (Å²) in [5.74, 6) is 0.931. The first-order valence-electron chi connectivity index (χ1n) is 12.4. The Kier molecular flexibility index (Phi) is 4.19. The van der Waals surface area contributed by atoms with E-state index in [9.17, 15) is 0 Å². The van der Waals surface area contributed by atoms with Crippen LogP contribution in [0.4, 0.5) is 0 Å². The molecule has 0 saturated carbocycles. The van der Waals surface area contributed by atoms with Gasteiger partial charge in [-0.3, -0.25) is 4.57 Å². The van der Waals surface area contributed by atoms with Crippen molar-refractivity contribution in [2.45, 2.75) is 0 Å². The highest BCUT2D eigenvalue weighted by molar-refractivity contribution is 6.11. The van der Waals surface area contributed by atoms with Crippen LogP contribution in [0, 0.1) is 0 Å². The van der Waals surface area contributed by atoms with Crippen LogP contribution in [0.15, 0.2) is 132 Å². The van der Waals surface area contributed by atoms with Crippen molar-refractivity contribution in [1.82, 2.24) is 14.1 Å². The maximum Gasteiger partial charge on any atom is 0.144 e. The van der Waals surface area contributed by atoms with Crippen LogP contribution in [0.5, 0.6) is 0 Å². The third kappa shape index (κ3) is 2.99. The Labute approximate surface area is 212 Å². The fourth-order valence-electron chi connectivity index (χ4n) is 5.55. The molecule has 0 amide bonds. The Morgan fingerprint density at radius 3 is 2.16 bits per heavy atom. The van der Waals surface area contributed by atoms with Gasteiger partial charge in [0, 0.05) is 50.9 Å². The second-order valence-electron chi connectivity index (χ2n) is 9.32. The minimum Gasteiger partial charge on any atom is -0.456 e. The molecular weight excluding hydrogens is 454 g/mol. The lowest BCUT2D eigenvalue weighted by molar-refractivity contribution is 0.669. The molecule has 0 atom stereocenters. The molecule has 0 unspecified atom stereocenters. The number of fused-ring (bicyclic) bond motifs is 6. The van der Waals surface area contributed by atoms with Crippen molar-refractivity contribution in [1.29, 1.82) is 0 Å². The third-order valence-corrected chi connectivity index (χ3v) is 7.23. The number of aromatic nitrogens is 3. The minimum absolute atomic E-state index is 0.904. The molecule has 5 aromatic carbocycles. The topological polar surface area (TPSA) is 35.9 Å². The van der Waals surface area contributed by atoms with Gasteiger partial charge in [-0.05, 0) is 48.5 Å². The average Bonchev–Trinajstić information content (AvgIpc) is 3.67. The summed E-state index contributed by atoms with van der Waals surface area (Å²) in [6.07, 6.45) is 3.89. The number of hydrogen-bond acceptors (Lipinski definition) is 2. The van der Waals surface area contributed by atoms with Gasteiger partial charge in [0.2, 0.25) is 0 Å². The van der Waals surface area contributed by atoms with Gasteiger partial charge in [0.1, 0.15) is 17.0 Å². The van der Waals surface area contributed by atoms with Gasteiger partial charge >= 0.3 is 0 Å². The highest BCUT2D eigenvalue weighted by Crippen LogP contribution is 2.36. The average molecular weight is 476 g/mol. The number of para-hydroxylation sites is 2. The minimum atomic E-state index is 0.904. The third-order valence-electron chi connectivity index (χ3n) is 7.23. The molecule has 0 aliphatic carbocycles. The molecule has 0 aliphatic rings. The predicted molar refractivity (Wildman–Crippen MR) is 151 cm³/mol. The molecule has 174 valence electrons. The standard InChI is InChI=1S/C33H21N3O/c1-2-8-22(9-3-1)33-34-18-19-35(33)23-14-16-30-27(20-23)25-10-4-6-12-29(25)36(30)24-15-17-32-28(21-24)26-11-5-7-13-31(26)37-32/h1-21H. The van der Waals surface area contributed by atoms with Gasteiger partial charge in [0.05, 0.1) is 11.0 Å². The van der Waals surface area contributed by atoms with Crippen molar-refractivity contribution in [3.8, 4) is 22.8 Å². The number of nitrogens with zero attached hydrogens (tertiary/aromatic N) is 3. The summed E-state index contributed by atoms with van der Waals surface area (Å²) in [7, 11) is 0. The van der Waals surface area contributed by atoms with Gasteiger partial charge in [-0.15, -0.1) is 0 Å². The van der Waals surface area contributed by atoms with Crippen LogP contribution >= 0.6 is 0 Å². The zero-order valence-corrected chi connectivity index (χ0v) is 19.9. The zero-order valence-electron chi connectivity index (χ0n) is 19.9. The molecule has 4 nitrogen and oxygen atoms in total. The van der Waals surface area contributed by atoms with Gasteiger partial charge in [0.15, 0.2) is 0 Å². The first-order chi connectivity index (χ1) is 18.3. The smallest absolute Gasteiger partial charge is 0.144 e. The van der Waals surface area contributed by atoms with E-state index in [-0.39, 0.29) is 0 Å². The molecule has 0 saturated heterocycles. The van der Waals surface area contributed by atoms with Crippen LogP contribution < -0.4 is 0 Å². The zero-order chi connectivity index (χ0) is 24.3. The van der Waals surface area contributed by atoms with Crippen LogP contribution in [0.3, 0.4) is 0 Å². The summed E-state index contributed by atoms with van der Waals surface area (Å²) in [5, 5.41) is 4.69. The summed E-state index contributed by atoms with van der Waals surface area (Å²) in [6.45, 7) is 0. The van der Waals surface area contributed by atoms with Crippen LogP contribution in [0.25, 0.3) is 66.5 Å². The maximum atomic E-state index is 6.09.